The molecule has 0 spiro atoms. The van der Waals surface area contributed by atoms with Gasteiger partial charge in [0.05, 0.1) is 6.04 Å². The summed E-state index contributed by atoms with van der Waals surface area (Å²) in [5, 5.41) is 5.52. The van der Waals surface area contributed by atoms with Crippen LogP contribution in [0.2, 0.25) is 0 Å². The summed E-state index contributed by atoms with van der Waals surface area (Å²) in [5.41, 5.74) is 6.13. The van der Waals surface area contributed by atoms with Crippen LogP contribution in [0.25, 0.3) is 11.1 Å². The van der Waals surface area contributed by atoms with Gasteiger partial charge in [-0.15, -0.1) is 0 Å². The molecule has 6 heteroatoms. The summed E-state index contributed by atoms with van der Waals surface area (Å²) in [6.45, 7) is 7.61. The lowest BCUT2D eigenvalue weighted by Crippen LogP contribution is -2.53. The van der Waals surface area contributed by atoms with E-state index < -0.39 is 24.1 Å². The zero-order valence-electron chi connectivity index (χ0n) is 21.8. The summed E-state index contributed by atoms with van der Waals surface area (Å²) in [7, 11) is 0. The van der Waals surface area contributed by atoms with Gasteiger partial charge < -0.3 is 15.4 Å². The maximum atomic E-state index is 13.1. The quantitative estimate of drug-likeness (QED) is 0.374. The fraction of sp³-hybridized carbons (Fsp3) is 0.323. The highest BCUT2D eigenvalue weighted by Gasteiger charge is 2.31. The Morgan fingerprint density at radius 3 is 1.97 bits per heavy atom. The second-order valence-corrected chi connectivity index (χ2v) is 9.79. The van der Waals surface area contributed by atoms with Gasteiger partial charge in [-0.1, -0.05) is 98.6 Å². The topological polar surface area (TPSA) is 84.5 Å². The van der Waals surface area contributed by atoms with Crippen LogP contribution in [0.4, 0.5) is 4.79 Å². The number of fused-ring (bicyclic) bond motifs is 3. The van der Waals surface area contributed by atoms with E-state index in [1.54, 1.807) is 19.1 Å². The number of rotatable bonds is 9. The van der Waals surface area contributed by atoms with E-state index in [0.29, 0.717) is 12.0 Å². The molecule has 3 atom stereocenters. The largest absolute Gasteiger partial charge is 0.449 e. The molecule has 1 aliphatic rings. The van der Waals surface area contributed by atoms with Crippen molar-refractivity contribution in [2.24, 2.45) is 5.92 Å². The van der Waals surface area contributed by atoms with Gasteiger partial charge >= 0.3 is 6.09 Å². The Hall–Kier alpha value is -3.93. The van der Waals surface area contributed by atoms with Crippen molar-refractivity contribution in [2.45, 2.75) is 52.1 Å². The van der Waals surface area contributed by atoms with Crippen molar-refractivity contribution in [2.75, 3.05) is 6.61 Å². The van der Waals surface area contributed by atoms with Crippen molar-refractivity contribution in [1.82, 2.24) is 10.6 Å². The predicted octanol–water partition coefficient (Wildman–Crippen LogP) is 5.64. The van der Waals surface area contributed by atoms with Crippen molar-refractivity contribution in [3.05, 3.63) is 95.1 Å². The summed E-state index contributed by atoms with van der Waals surface area (Å²) in [4.78, 5) is 38.8. The fourth-order valence-corrected chi connectivity index (χ4v) is 4.81. The second kappa shape index (κ2) is 11.4. The second-order valence-electron chi connectivity index (χ2n) is 9.79. The van der Waals surface area contributed by atoms with E-state index in [0.717, 1.165) is 27.8 Å². The number of hydrogen-bond acceptors (Lipinski definition) is 4. The van der Waals surface area contributed by atoms with Crippen molar-refractivity contribution in [1.29, 1.82) is 0 Å². The first-order valence-electron chi connectivity index (χ1n) is 12.8. The number of aryl methyl sites for hydroxylation is 1. The fourth-order valence-electron chi connectivity index (χ4n) is 4.81. The van der Waals surface area contributed by atoms with Crippen LogP contribution in [0.1, 0.15) is 60.2 Å². The van der Waals surface area contributed by atoms with Gasteiger partial charge in [0.2, 0.25) is 5.91 Å². The zero-order valence-corrected chi connectivity index (χ0v) is 21.8. The van der Waals surface area contributed by atoms with E-state index in [2.05, 4.69) is 34.9 Å². The van der Waals surface area contributed by atoms with Gasteiger partial charge in [0.1, 0.15) is 12.6 Å². The Labute approximate surface area is 218 Å². The monoisotopic (exact) mass is 498 g/mol. The molecule has 0 saturated heterocycles. The lowest BCUT2D eigenvalue weighted by Gasteiger charge is -2.25. The number of Topliss-reactive ketones (excluding diaryl/α,β-unsaturated/α-hetero) is 1. The average molecular weight is 499 g/mol. The third-order valence-electron chi connectivity index (χ3n) is 7.20. The van der Waals surface area contributed by atoms with Crippen LogP contribution in [-0.2, 0) is 9.53 Å². The van der Waals surface area contributed by atoms with Gasteiger partial charge in [0.15, 0.2) is 5.78 Å². The molecule has 3 aromatic carbocycles. The van der Waals surface area contributed by atoms with E-state index in [9.17, 15) is 14.4 Å². The van der Waals surface area contributed by atoms with Crippen molar-refractivity contribution in [3.8, 4) is 11.1 Å². The van der Waals surface area contributed by atoms with Crippen LogP contribution in [0.15, 0.2) is 72.8 Å². The third-order valence-corrected chi connectivity index (χ3v) is 7.20. The Kier molecular flexibility index (Phi) is 8.07. The van der Waals surface area contributed by atoms with Crippen LogP contribution in [0.5, 0.6) is 0 Å². The van der Waals surface area contributed by atoms with Crippen molar-refractivity contribution < 1.29 is 19.1 Å². The van der Waals surface area contributed by atoms with Crippen LogP contribution in [-0.4, -0.2) is 36.5 Å². The maximum absolute atomic E-state index is 13.1. The number of ketones is 1. The van der Waals surface area contributed by atoms with Gasteiger partial charge in [-0.2, -0.15) is 0 Å². The molecule has 4 rings (SSSR count). The molecule has 3 aromatic rings. The number of nitrogens with one attached hydrogen (secondary N) is 2. The Bertz CT molecular complexity index is 1240. The summed E-state index contributed by atoms with van der Waals surface area (Å²) < 4.78 is 5.65. The van der Waals surface area contributed by atoms with Gasteiger partial charge in [-0.25, -0.2) is 4.79 Å². The SMILES string of the molecule is CC[C@H](C)[C@H](NC(=O)OCC1c2ccccc2-c2ccccc21)C(=O)N[C@@H](C)C(=O)c1ccc(C)cc1. The molecule has 0 radical (unpaired) electrons. The number of carbonyl (C=O) groups excluding carboxylic acids is 3. The van der Waals surface area contributed by atoms with E-state index in [1.807, 2.05) is 57.2 Å². The molecule has 2 N–H and O–H groups in total. The molecular weight excluding hydrogens is 464 g/mol. The average Bonchev–Trinajstić information content (AvgIpc) is 3.23. The van der Waals surface area contributed by atoms with E-state index >= 15 is 0 Å². The molecule has 0 bridgehead atoms. The summed E-state index contributed by atoms with van der Waals surface area (Å²) in [6, 6.07) is 21.9. The predicted molar refractivity (Wildman–Crippen MR) is 145 cm³/mol. The number of benzene rings is 3. The molecule has 37 heavy (non-hydrogen) atoms. The Morgan fingerprint density at radius 1 is 0.838 bits per heavy atom. The third kappa shape index (κ3) is 5.74. The van der Waals surface area contributed by atoms with E-state index in [4.69, 9.17) is 4.74 Å². The molecule has 2 amide bonds. The molecule has 192 valence electrons. The first-order chi connectivity index (χ1) is 17.8. The maximum Gasteiger partial charge on any atom is 0.407 e. The van der Waals surface area contributed by atoms with Crippen LogP contribution >= 0.6 is 0 Å². The molecule has 0 saturated carbocycles. The Morgan fingerprint density at radius 2 is 1.41 bits per heavy atom. The van der Waals surface area contributed by atoms with E-state index in [1.165, 1.54) is 0 Å². The normalized spacial score (nSPS) is 14.6. The molecule has 0 heterocycles. The number of ether oxygens (including phenoxy) is 1. The molecule has 0 aromatic heterocycles. The van der Waals surface area contributed by atoms with Gasteiger partial charge in [0.25, 0.3) is 0 Å². The summed E-state index contributed by atoms with van der Waals surface area (Å²) in [6.07, 6.45) is 0.0157. The summed E-state index contributed by atoms with van der Waals surface area (Å²) >= 11 is 0. The molecular formula is C31H34N2O4. The summed E-state index contributed by atoms with van der Waals surface area (Å²) in [5.74, 6) is -0.809. The number of hydrogen-bond donors (Lipinski definition) is 2. The van der Waals surface area contributed by atoms with Gasteiger partial charge in [-0.3, -0.25) is 9.59 Å². The number of amides is 2. The molecule has 0 fully saturated rings. The first kappa shape index (κ1) is 26.1. The lowest BCUT2D eigenvalue weighted by molar-refractivity contribution is -0.124. The first-order valence-corrected chi connectivity index (χ1v) is 12.8. The minimum Gasteiger partial charge on any atom is -0.449 e. The highest BCUT2D eigenvalue weighted by atomic mass is 16.5. The smallest absolute Gasteiger partial charge is 0.407 e. The molecule has 6 nitrogen and oxygen atoms in total. The molecule has 0 aliphatic heterocycles. The number of alkyl carbamates (subject to hydrolysis) is 1. The van der Waals surface area contributed by atoms with Gasteiger partial charge in [-0.05, 0) is 42.0 Å². The molecule has 0 unspecified atom stereocenters. The highest BCUT2D eigenvalue weighted by molar-refractivity contribution is 6.02. The highest BCUT2D eigenvalue weighted by Crippen LogP contribution is 2.44. The van der Waals surface area contributed by atoms with Crippen LogP contribution in [0, 0.1) is 12.8 Å². The standard InChI is InChI=1S/C31H34N2O4/c1-5-20(3)28(30(35)32-21(4)29(34)22-16-14-19(2)15-17-22)33-31(36)37-18-27-25-12-8-6-10-23(25)24-11-7-9-13-26(24)27/h6-17,20-21,27-28H,5,18H2,1-4H3,(H,32,35)(H,33,36)/t20-,21-,28-/m0/s1. The van der Waals surface area contributed by atoms with Crippen molar-refractivity contribution >= 4 is 17.8 Å². The van der Waals surface area contributed by atoms with Gasteiger partial charge in [0, 0.05) is 11.5 Å². The number of carbonyl (C=O) groups is 3. The van der Waals surface area contributed by atoms with E-state index in [-0.39, 0.29) is 24.2 Å². The van der Waals surface area contributed by atoms with Crippen LogP contribution in [0.3, 0.4) is 0 Å². The Balaban J connectivity index is 1.40. The lowest BCUT2D eigenvalue weighted by atomic mass is 9.97. The molecule has 1 aliphatic carbocycles. The van der Waals surface area contributed by atoms with Crippen LogP contribution < -0.4 is 10.6 Å². The zero-order chi connectivity index (χ0) is 26.5. The van der Waals surface area contributed by atoms with Crippen molar-refractivity contribution in [3.63, 3.8) is 0 Å². The minimum absolute atomic E-state index is 0.0684. The minimum atomic E-state index is -0.825.